The van der Waals surface area contributed by atoms with E-state index in [4.69, 9.17) is 10.5 Å². The molecule has 5 rings (SSSR count). The molecule has 1 heterocycles. The number of unbranched alkanes of at least 4 members (excludes halogenated alkanes) is 1. The molecule has 1 aliphatic heterocycles. The minimum atomic E-state index is -3.30. The molecule has 1 unspecified atom stereocenters. The summed E-state index contributed by atoms with van der Waals surface area (Å²) in [6.45, 7) is 0.527. The van der Waals surface area contributed by atoms with Crippen molar-refractivity contribution in [2.75, 3.05) is 12.8 Å². The van der Waals surface area contributed by atoms with E-state index in [-0.39, 0.29) is 16.4 Å². The average molecular weight is 540 g/mol. The summed E-state index contributed by atoms with van der Waals surface area (Å²) in [6.07, 6.45) is 3.25. The second kappa shape index (κ2) is 10.4. The van der Waals surface area contributed by atoms with E-state index in [1.165, 1.54) is 6.26 Å². The van der Waals surface area contributed by atoms with Gasteiger partial charge in [0.25, 0.3) is 0 Å². The lowest BCUT2D eigenvalue weighted by molar-refractivity contribution is 0.103. The van der Waals surface area contributed by atoms with Gasteiger partial charge in [-0.3, -0.25) is 0 Å². The van der Waals surface area contributed by atoms with E-state index in [0.29, 0.717) is 31.2 Å². The number of hydrogen-bond donors (Lipinski definition) is 1. The molecule has 0 bridgehead atoms. The minimum Gasteiger partial charge on any atom is -0.485 e. The average Bonchev–Trinajstić information content (AvgIpc) is 2.90. The van der Waals surface area contributed by atoms with Crippen molar-refractivity contribution in [3.63, 3.8) is 0 Å². The van der Waals surface area contributed by atoms with Crippen LogP contribution in [-0.2, 0) is 16.3 Å². The third-order valence-electron chi connectivity index (χ3n) is 7.23. The topological polar surface area (TPSA) is 69.4 Å². The fourth-order valence-corrected chi connectivity index (χ4v) is 5.87. The molecule has 4 aromatic rings. The predicted octanol–water partition coefficient (Wildman–Crippen LogP) is 6.75. The van der Waals surface area contributed by atoms with Crippen LogP contribution in [0.1, 0.15) is 36.5 Å². The van der Waals surface area contributed by atoms with Gasteiger partial charge in [-0.05, 0) is 78.0 Å². The van der Waals surface area contributed by atoms with E-state index < -0.39 is 33.4 Å². The van der Waals surface area contributed by atoms with Gasteiger partial charge in [-0.25, -0.2) is 21.6 Å². The van der Waals surface area contributed by atoms with Gasteiger partial charge in [0.1, 0.15) is 17.7 Å². The molecule has 2 N–H and O–H groups in total. The van der Waals surface area contributed by atoms with E-state index in [9.17, 15) is 21.6 Å². The molecular formula is C30H28F3NO3S. The molecule has 0 spiro atoms. The zero-order valence-corrected chi connectivity index (χ0v) is 21.7. The highest BCUT2D eigenvalue weighted by Gasteiger charge is 2.34. The Morgan fingerprint density at radius 2 is 1.55 bits per heavy atom. The van der Waals surface area contributed by atoms with Crippen LogP contribution in [0.3, 0.4) is 0 Å². The number of nitrogens with two attached hydrogens (primary N) is 1. The van der Waals surface area contributed by atoms with Gasteiger partial charge >= 0.3 is 0 Å². The maximum atomic E-state index is 14.8. The summed E-state index contributed by atoms with van der Waals surface area (Å²) in [5.41, 5.74) is 8.45. The molecule has 198 valence electrons. The maximum absolute atomic E-state index is 14.8. The van der Waals surface area contributed by atoms with Crippen LogP contribution in [0.15, 0.2) is 71.6 Å². The summed E-state index contributed by atoms with van der Waals surface area (Å²) in [5, 5.41) is 1.97. The standard InChI is InChI=1S/C30H28F3NO3S/c1-38(35,36)22-10-7-18(8-11-22)20-6-5-19-9-12-29-24(23(19)14-20)15-21(4-2-3-13-34)30(37-29)25-16-27(32)28(33)17-26(25)31/h5-12,14,16-17,21,30H,2-4,13,15,34H2,1H3/t21-,30?/m1/s1. The van der Waals surface area contributed by atoms with Crippen molar-refractivity contribution in [1.29, 1.82) is 0 Å². The molecular weight excluding hydrogens is 511 g/mol. The van der Waals surface area contributed by atoms with Gasteiger partial charge in [-0.2, -0.15) is 0 Å². The summed E-state index contributed by atoms with van der Waals surface area (Å²) in [7, 11) is -3.30. The minimum absolute atomic E-state index is 0.00659. The van der Waals surface area contributed by atoms with Crippen molar-refractivity contribution >= 4 is 20.6 Å². The Bertz CT molecular complexity index is 1600. The lowest BCUT2D eigenvalue weighted by Gasteiger charge is -2.35. The number of ether oxygens (including phenoxy) is 1. The van der Waals surface area contributed by atoms with Crippen LogP contribution in [0.2, 0.25) is 0 Å². The molecule has 8 heteroatoms. The Hall–Kier alpha value is -3.36. The smallest absolute Gasteiger partial charge is 0.175 e. The van der Waals surface area contributed by atoms with E-state index >= 15 is 0 Å². The van der Waals surface area contributed by atoms with Crippen LogP contribution in [0.5, 0.6) is 5.75 Å². The molecule has 1 aliphatic rings. The fourth-order valence-electron chi connectivity index (χ4n) is 5.24. The van der Waals surface area contributed by atoms with Gasteiger partial charge in [-0.1, -0.05) is 36.8 Å². The molecule has 0 fully saturated rings. The lowest BCUT2D eigenvalue weighted by atomic mass is 9.81. The summed E-state index contributed by atoms with van der Waals surface area (Å²) in [4.78, 5) is 0.253. The fraction of sp³-hybridized carbons (Fsp3) is 0.267. The number of halogens is 3. The van der Waals surface area contributed by atoms with Gasteiger partial charge in [-0.15, -0.1) is 0 Å². The number of sulfone groups is 1. The van der Waals surface area contributed by atoms with Crippen molar-refractivity contribution in [2.24, 2.45) is 11.7 Å². The molecule has 0 saturated carbocycles. The van der Waals surface area contributed by atoms with E-state index in [1.54, 1.807) is 24.3 Å². The summed E-state index contributed by atoms with van der Waals surface area (Å²) in [6, 6.07) is 18.0. The van der Waals surface area contributed by atoms with E-state index in [1.807, 2.05) is 30.3 Å². The molecule has 0 aliphatic carbocycles. The van der Waals surface area contributed by atoms with Gasteiger partial charge in [0.05, 0.1) is 4.90 Å². The third-order valence-corrected chi connectivity index (χ3v) is 8.36. The van der Waals surface area contributed by atoms with Crippen LogP contribution >= 0.6 is 0 Å². The first-order valence-electron chi connectivity index (χ1n) is 12.5. The summed E-state index contributed by atoms with van der Waals surface area (Å²) < 4.78 is 72.6. The molecule has 0 saturated heterocycles. The van der Waals surface area contributed by atoms with Crippen LogP contribution in [-0.4, -0.2) is 21.2 Å². The highest BCUT2D eigenvalue weighted by molar-refractivity contribution is 7.90. The first-order valence-corrected chi connectivity index (χ1v) is 14.4. The van der Waals surface area contributed by atoms with Crippen molar-refractivity contribution in [3.8, 4) is 16.9 Å². The predicted molar refractivity (Wildman–Crippen MR) is 142 cm³/mol. The Morgan fingerprint density at radius 3 is 2.26 bits per heavy atom. The number of hydrogen-bond acceptors (Lipinski definition) is 4. The number of benzene rings is 4. The van der Waals surface area contributed by atoms with Crippen LogP contribution in [0, 0.1) is 23.4 Å². The Morgan fingerprint density at radius 1 is 0.868 bits per heavy atom. The summed E-state index contributed by atoms with van der Waals surface area (Å²) in [5.74, 6) is -2.77. The van der Waals surface area contributed by atoms with Crippen LogP contribution in [0.25, 0.3) is 21.9 Å². The summed E-state index contributed by atoms with van der Waals surface area (Å²) >= 11 is 0. The zero-order chi connectivity index (χ0) is 27.0. The van der Waals surface area contributed by atoms with Crippen molar-refractivity contribution in [3.05, 3.63) is 95.3 Å². The third kappa shape index (κ3) is 5.15. The van der Waals surface area contributed by atoms with Gasteiger partial charge in [0.15, 0.2) is 21.5 Å². The van der Waals surface area contributed by atoms with E-state index in [2.05, 4.69) is 0 Å². The first kappa shape index (κ1) is 26.3. The number of rotatable bonds is 7. The van der Waals surface area contributed by atoms with Crippen molar-refractivity contribution in [1.82, 2.24) is 0 Å². The lowest BCUT2D eigenvalue weighted by Crippen LogP contribution is -2.27. The molecule has 0 amide bonds. The largest absolute Gasteiger partial charge is 0.485 e. The quantitative estimate of drug-likeness (QED) is 0.208. The van der Waals surface area contributed by atoms with E-state index in [0.717, 1.165) is 46.4 Å². The number of fused-ring (bicyclic) bond motifs is 3. The van der Waals surface area contributed by atoms with Crippen molar-refractivity contribution < 1.29 is 26.3 Å². The Balaban J connectivity index is 1.56. The Kier molecular flexibility index (Phi) is 7.20. The Labute approximate surface area is 220 Å². The van der Waals surface area contributed by atoms with Gasteiger partial charge < -0.3 is 10.5 Å². The molecule has 0 radical (unpaired) electrons. The van der Waals surface area contributed by atoms with Crippen LogP contribution < -0.4 is 10.5 Å². The highest BCUT2D eigenvalue weighted by Crippen LogP contribution is 2.45. The zero-order valence-electron chi connectivity index (χ0n) is 20.9. The van der Waals surface area contributed by atoms with Gasteiger partial charge in [0, 0.05) is 29.4 Å². The highest BCUT2D eigenvalue weighted by atomic mass is 32.2. The monoisotopic (exact) mass is 539 g/mol. The normalized spacial score (nSPS) is 17.3. The first-order chi connectivity index (χ1) is 18.2. The molecule has 4 aromatic carbocycles. The SMILES string of the molecule is CS(=O)(=O)c1ccc(-c2ccc3ccc4c(c3c2)C[C@@H](CCCCN)C(c2cc(F)c(F)cc2F)O4)cc1. The molecule has 2 atom stereocenters. The molecule has 38 heavy (non-hydrogen) atoms. The molecule has 4 nitrogen and oxygen atoms in total. The van der Waals surface area contributed by atoms with Crippen LogP contribution in [0.4, 0.5) is 13.2 Å². The van der Waals surface area contributed by atoms with Gasteiger partial charge in [0.2, 0.25) is 0 Å². The maximum Gasteiger partial charge on any atom is 0.175 e. The second-order valence-electron chi connectivity index (χ2n) is 9.85. The molecule has 0 aromatic heterocycles. The second-order valence-corrected chi connectivity index (χ2v) is 11.9. The van der Waals surface area contributed by atoms with Crippen molar-refractivity contribution in [2.45, 2.75) is 36.7 Å².